The highest BCUT2D eigenvalue weighted by molar-refractivity contribution is 5.90. The van der Waals surface area contributed by atoms with Gasteiger partial charge >= 0.3 is 6.03 Å². The summed E-state index contributed by atoms with van der Waals surface area (Å²) in [5, 5.41) is 5.80. The lowest BCUT2D eigenvalue weighted by molar-refractivity contribution is 0.251. The van der Waals surface area contributed by atoms with E-state index < -0.39 is 0 Å². The van der Waals surface area contributed by atoms with Crippen molar-refractivity contribution in [1.82, 2.24) is 5.32 Å². The van der Waals surface area contributed by atoms with Crippen LogP contribution in [0, 0.1) is 11.8 Å². The van der Waals surface area contributed by atoms with Gasteiger partial charge in [0, 0.05) is 17.3 Å². The van der Waals surface area contributed by atoms with Gasteiger partial charge in [0.05, 0.1) is 6.54 Å². The van der Waals surface area contributed by atoms with E-state index in [0.29, 0.717) is 12.6 Å². The van der Waals surface area contributed by atoms with Crippen LogP contribution in [0.1, 0.15) is 30.9 Å². The molecule has 1 fully saturated rings. The molecule has 1 aromatic rings. The number of aryl methyl sites for hydroxylation is 1. The molecule has 0 aromatic heterocycles. The zero-order valence-electron chi connectivity index (χ0n) is 11.1. The molecular formula is C15H19N3O. The normalized spacial score (nSPS) is 13.4. The molecule has 0 bridgehead atoms. The number of hydrogen-bond donors (Lipinski definition) is 3. The summed E-state index contributed by atoms with van der Waals surface area (Å²) in [7, 11) is 0. The predicted molar refractivity (Wildman–Crippen MR) is 76.9 cm³/mol. The van der Waals surface area contributed by atoms with Crippen LogP contribution >= 0.6 is 0 Å². The minimum atomic E-state index is -0.127. The first-order valence-corrected chi connectivity index (χ1v) is 6.62. The summed E-state index contributed by atoms with van der Waals surface area (Å²) < 4.78 is 0. The summed E-state index contributed by atoms with van der Waals surface area (Å²) in [6, 6.07) is 6.02. The van der Waals surface area contributed by atoms with Gasteiger partial charge in [0.25, 0.3) is 0 Å². The van der Waals surface area contributed by atoms with Crippen LogP contribution in [-0.2, 0) is 6.42 Å². The first kappa shape index (κ1) is 13.4. The van der Waals surface area contributed by atoms with Crippen molar-refractivity contribution in [2.75, 3.05) is 11.9 Å². The summed E-state index contributed by atoms with van der Waals surface area (Å²) in [5.74, 6) is 5.83. The quantitative estimate of drug-likeness (QED) is 0.723. The van der Waals surface area contributed by atoms with E-state index >= 15 is 0 Å². The largest absolute Gasteiger partial charge is 0.335 e. The molecule has 4 heteroatoms. The number of carbonyl (C=O) groups is 1. The van der Waals surface area contributed by atoms with E-state index in [1.807, 2.05) is 18.2 Å². The highest BCUT2D eigenvalue weighted by Crippen LogP contribution is 2.20. The second-order valence-corrected chi connectivity index (χ2v) is 4.60. The predicted octanol–water partition coefficient (Wildman–Crippen LogP) is 1.84. The fourth-order valence-corrected chi connectivity index (χ4v) is 1.81. The fraction of sp³-hybridized carbons (Fsp3) is 0.400. The van der Waals surface area contributed by atoms with Gasteiger partial charge in [-0.1, -0.05) is 18.8 Å². The molecule has 1 saturated carbocycles. The summed E-state index contributed by atoms with van der Waals surface area (Å²) in [5.41, 5.74) is 8.21. The molecule has 2 rings (SSSR count). The molecule has 1 aliphatic carbocycles. The smallest absolute Gasteiger partial charge is 0.319 e. The molecule has 0 radical (unpaired) electrons. The van der Waals surface area contributed by atoms with Gasteiger partial charge in [-0.05, 0) is 43.0 Å². The fourth-order valence-electron chi connectivity index (χ4n) is 1.81. The van der Waals surface area contributed by atoms with E-state index in [2.05, 4.69) is 29.4 Å². The number of carbonyl (C=O) groups excluding carboxylic acids is 1. The van der Waals surface area contributed by atoms with Gasteiger partial charge in [-0.15, -0.1) is 0 Å². The minimum absolute atomic E-state index is 0.127. The van der Waals surface area contributed by atoms with Crippen LogP contribution in [0.25, 0.3) is 0 Å². The third-order valence-corrected chi connectivity index (χ3v) is 2.98. The molecule has 0 spiro atoms. The van der Waals surface area contributed by atoms with Crippen LogP contribution in [0.2, 0.25) is 0 Å². The Morgan fingerprint density at radius 2 is 2.26 bits per heavy atom. The zero-order valence-corrected chi connectivity index (χ0v) is 11.1. The van der Waals surface area contributed by atoms with Crippen LogP contribution in [0.4, 0.5) is 10.5 Å². The number of anilines is 1. The SMILES string of the molecule is CCc1cc(C#CCN)ccc1NC(=O)NC1CC1. The van der Waals surface area contributed by atoms with Gasteiger partial charge in [-0.2, -0.15) is 0 Å². The first-order chi connectivity index (χ1) is 9.22. The van der Waals surface area contributed by atoms with Gasteiger partial charge < -0.3 is 16.4 Å². The van der Waals surface area contributed by atoms with Crippen molar-refractivity contribution in [3.63, 3.8) is 0 Å². The zero-order chi connectivity index (χ0) is 13.7. The Labute approximate surface area is 113 Å². The number of urea groups is 1. The molecule has 2 amide bonds. The molecule has 19 heavy (non-hydrogen) atoms. The third kappa shape index (κ3) is 4.01. The van der Waals surface area contributed by atoms with Crippen LogP contribution < -0.4 is 16.4 Å². The average Bonchev–Trinajstić information content (AvgIpc) is 3.21. The Morgan fingerprint density at radius 1 is 1.47 bits per heavy atom. The molecule has 0 aliphatic heterocycles. The van der Waals surface area contributed by atoms with Crippen molar-refractivity contribution in [3.05, 3.63) is 29.3 Å². The molecule has 4 N–H and O–H groups in total. The van der Waals surface area contributed by atoms with Crippen LogP contribution in [0.3, 0.4) is 0 Å². The lowest BCUT2D eigenvalue weighted by Gasteiger charge is -2.11. The Bertz CT molecular complexity index is 524. The van der Waals surface area contributed by atoms with Gasteiger partial charge in [0.15, 0.2) is 0 Å². The minimum Gasteiger partial charge on any atom is -0.335 e. The molecular weight excluding hydrogens is 238 g/mol. The summed E-state index contributed by atoms with van der Waals surface area (Å²) in [4.78, 5) is 11.7. The molecule has 1 aliphatic rings. The maximum Gasteiger partial charge on any atom is 0.319 e. The van der Waals surface area contributed by atoms with E-state index in [1.165, 1.54) is 0 Å². The molecule has 0 saturated heterocycles. The van der Waals surface area contributed by atoms with E-state index in [-0.39, 0.29) is 6.03 Å². The van der Waals surface area contributed by atoms with Crippen LogP contribution in [0.15, 0.2) is 18.2 Å². The monoisotopic (exact) mass is 257 g/mol. The lowest BCUT2D eigenvalue weighted by atomic mass is 10.1. The van der Waals surface area contributed by atoms with Crippen molar-refractivity contribution in [2.45, 2.75) is 32.2 Å². The molecule has 0 atom stereocenters. The van der Waals surface area contributed by atoms with Crippen molar-refractivity contribution >= 4 is 11.7 Å². The molecule has 0 unspecified atom stereocenters. The highest BCUT2D eigenvalue weighted by atomic mass is 16.2. The Balaban J connectivity index is 2.08. The van der Waals surface area contributed by atoms with E-state index in [0.717, 1.165) is 36.1 Å². The topological polar surface area (TPSA) is 67.1 Å². The third-order valence-electron chi connectivity index (χ3n) is 2.98. The average molecular weight is 257 g/mol. The van der Waals surface area contributed by atoms with Crippen molar-refractivity contribution in [1.29, 1.82) is 0 Å². The summed E-state index contributed by atoms with van der Waals surface area (Å²) >= 11 is 0. The summed E-state index contributed by atoms with van der Waals surface area (Å²) in [6.07, 6.45) is 3.01. The number of rotatable bonds is 3. The number of benzene rings is 1. The van der Waals surface area contributed by atoms with Crippen molar-refractivity contribution in [3.8, 4) is 11.8 Å². The number of nitrogens with two attached hydrogens (primary N) is 1. The van der Waals surface area contributed by atoms with Gasteiger partial charge in [-0.25, -0.2) is 4.79 Å². The Kier molecular flexibility index (Phi) is 4.43. The van der Waals surface area contributed by atoms with Crippen molar-refractivity contribution < 1.29 is 4.79 Å². The van der Waals surface area contributed by atoms with Gasteiger partial charge in [0.1, 0.15) is 0 Å². The highest BCUT2D eigenvalue weighted by Gasteiger charge is 2.23. The second-order valence-electron chi connectivity index (χ2n) is 4.60. The Morgan fingerprint density at radius 3 is 2.89 bits per heavy atom. The first-order valence-electron chi connectivity index (χ1n) is 6.62. The van der Waals surface area contributed by atoms with Crippen LogP contribution in [-0.4, -0.2) is 18.6 Å². The number of amides is 2. The number of nitrogens with one attached hydrogen (secondary N) is 2. The Hall–Kier alpha value is -1.99. The maximum atomic E-state index is 11.7. The molecule has 4 nitrogen and oxygen atoms in total. The second kappa shape index (κ2) is 6.26. The van der Waals surface area contributed by atoms with E-state index in [9.17, 15) is 4.79 Å². The maximum absolute atomic E-state index is 11.7. The van der Waals surface area contributed by atoms with E-state index in [1.54, 1.807) is 0 Å². The van der Waals surface area contributed by atoms with Gasteiger partial charge in [-0.3, -0.25) is 0 Å². The summed E-state index contributed by atoms with van der Waals surface area (Å²) in [6.45, 7) is 2.41. The van der Waals surface area contributed by atoms with Crippen LogP contribution in [0.5, 0.6) is 0 Å². The molecule has 0 heterocycles. The molecule has 100 valence electrons. The molecule has 1 aromatic carbocycles. The van der Waals surface area contributed by atoms with E-state index in [4.69, 9.17) is 5.73 Å². The standard InChI is InChI=1S/C15H19N3O/c1-2-12-10-11(4-3-9-16)5-8-14(12)18-15(19)17-13-6-7-13/h5,8,10,13H,2,6-7,9,16H2,1H3,(H2,17,18,19). The van der Waals surface area contributed by atoms with Crippen molar-refractivity contribution in [2.24, 2.45) is 5.73 Å². The number of hydrogen-bond acceptors (Lipinski definition) is 2. The van der Waals surface area contributed by atoms with Gasteiger partial charge in [0.2, 0.25) is 0 Å². The lowest BCUT2D eigenvalue weighted by Crippen LogP contribution is -2.30.